The molecule has 0 radical (unpaired) electrons. The Labute approximate surface area is 108 Å². The number of carbonyl (C=O) groups excluding carboxylic acids is 1. The van der Waals surface area contributed by atoms with Gasteiger partial charge in [-0.1, -0.05) is 26.0 Å². The Morgan fingerprint density at radius 3 is 2.39 bits per heavy atom. The Bertz CT molecular complexity index is 376. The molecule has 0 fully saturated rings. The number of hydrogen-bond donors (Lipinski definition) is 3. The van der Waals surface area contributed by atoms with Crippen LogP contribution in [0.2, 0.25) is 0 Å². The molecule has 18 heavy (non-hydrogen) atoms. The fourth-order valence-electron chi connectivity index (χ4n) is 1.57. The van der Waals surface area contributed by atoms with Crippen LogP contribution in [0.1, 0.15) is 38.7 Å². The lowest BCUT2D eigenvalue weighted by molar-refractivity contribution is 0.229. The number of hydrogen-bond acceptors (Lipinski definition) is 2. The van der Waals surface area contributed by atoms with Crippen LogP contribution in [-0.2, 0) is 0 Å². The van der Waals surface area contributed by atoms with E-state index < -0.39 is 0 Å². The normalized spacial score (nSPS) is 13.8. The van der Waals surface area contributed by atoms with Gasteiger partial charge in [0.2, 0.25) is 0 Å². The molecule has 4 heteroatoms. The third-order valence-electron chi connectivity index (χ3n) is 3.00. The van der Waals surface area contributed by atoms with Crippen molar-refractivity contribution >= 4 is 11.7 Å². The molecule has 0 aliphatic heterocycles. The average molecular weight is 250 g/mol. The fourth-order valence-corrected chi connectivity index (χ4v) is 1.57. The molecule has 1 aromatic rings. The number of amides is 2. The Morgan fingerprint density at radius 2 is 1.89 bits per heavy atom. The van der Waals surface area contributed by atoms with Gasteiger partial charge in [-0.25, -0.2) is 4.79 Å². The largest absolute Gasteiger partial charge is 0.394 e. The van der Waals surface area contributed by atoms with Crippen LogP contribution in [0, 0.1) is 0 Å². The van der Waals surface area contributed by atoms with E-state index in [9.17, 15) is 4.79 Å². The molecule has 1 aromatic carbocycles. The molecular weight excluding hydrogens is 228 g/mol. The topological polar surface area (TPSA) is 61.4 Å². The molecule has 0 saturated heterocycles. The van der Waals surface area contributed by atoms with Crippen molar-refractivity contribution in [1.82, 2.24) is 5.32 Å². The Morgan fingerprint density at radius 1 is 1.28 bits per heavy atom. The van der Waals surface area contributed by atoms with Gasteiger partial charge in [0.15, 0.2) is 0 Å². The first-order valence-electron chi connectivity index (χ1n) is 6.35. The van der Waals surface area contributed by atoms with Crippen LogP contribution < -0.4 is 10.6 Å². The molecule has 2 atom stereocenters. The van der Waals surface area contributed by atoms with Crippen molar-refractivity contribution < 1.29 is 9.90 Å². The van der Waals surface area contributed by atoms with Gasteiger partial charge in [0.05, 0.1) is 12.6 Å². The van der Waals surface area contributed by atoms with Gasteiger partial charge in [0.25, 0.3) is 0 Å². The molecule has 1 rings (SSSR count). The van der Waals surface area contributed by atoms with Crippen molar-refractivity contribution in [2.24, 2.45) is 0 Å². The van der Waals surface area contributed by atoms with E-state index in [0.29, 0.717) is 5.92 Å². The smallest absolute Gasteiger partial charge is 0.319 e. The van der Waals surface area contributed by atoms with E-state index >= 15 is 0 Å². The van der Waals surface area contributed by atoms with Gasteiger partial charge in [0.1, 0.15) is 0 Å². The molecule has 4 nitrogen and oxygen atoms in total. The third-order valence-corrected chi connectivity index (χ3v) is 3.00. The summed E-state index contributed by atoms with van der Waals surface area (Å²) in [5.41, 5.74) is 2.02. The van der Waals surface area contributed by atoms with Gasteiger partial charge in [-0.05, 0) is 37.0 Å². The Kier molecular flexibility index (Phi) is 5.65. The van der Waals surface area contributed by atoms with Gasteiger partial charge in [-0.3, -0.25) is 0 Å². The fraction of sp³-hybridized carbons (Fsp3) is 0.500. The highest BCUT2D eigenvalue weighted by Crippen LogP contribution is 2.20. The first kappa shape index (κ1) is 14.5. The maximum atomic E-state index is 11.5. The molecule has 0 heterocycles. The minimum absolute atomic E-state index is 0.0691. The van der Waals surface area contributed by atoms with Crippen LogP contribution in [0.5, 0.6) is 0 Å². The number of anilines is 1. The summed E-state index contributed by atoms with van der Waals surface area (Å²) in [6.45, 7) is 6.00. The molecule has 0 unspecified atom stereocenters. The van der Waals surface area contributed by atoms with Gasteiger partial charge < -0.3 is 15.7 Å². The Hall–Kier alpha value is -1.55. The lowest BCUT2D eigenvalue weighted by Crippen LogP contribution is -2.38. The van der Waals surface area contributed by atoms with Crippen molar-refractivity contribution in [3.05, 3.63) is 29.8 Å². The molecular formula is C14H22N2O2. The first-order valence-corrected chi connectivity index (χ1v) is 6.35. The zero-order chi connectivity index (χ0) is 13.5. The summed E-state index contributed by atoms with van der Waals surface area (Å²) in [4.78, 5) is 11.5. The minimum atomic E-state index is -0.298. The molecule has 100 valence electrons. The van der Waals surface area contributed by atoms with Crippen LogP contribution in [-0.4, -0.2) is 23.8 Å². The lowest BCUT2D eigenvalue weighted by atomic mass is 9.99. The highest BCUT2D eigenvalue weighted by atomic mass is 16.3. The molecule has 0 aliphatic carbocycles. The third kappa shape index (κ3) is 4.37. The second-order valence-electron chi connectivity index (χ2n) is 4.61. The first-order chi connectivity index (χ1) is 8.56. The van der Waals surface area contributed by atoms with Crippen LogP contribution in [0.15, 0.2) is 24.3 Å². The van der Waals surface area contributed by atoms with Crippen molar-refractivity contribution in [3.8, 4) is 0 Å². The van der Waals surface area contributed by atoms with Gasteiger partial charge in [0, 0.05) is 5.69 Å². The maximum Gasteiger partial charge on any atom is 0.319 e. The van der Waals surface area contributed by atoms with Crippen LogP contribution in [0.3, 0.4) is 0 Å². The van der Waals surface area contributed by atoms with Gasteiger partial charge in [-0.15, -0.1) is 0 Å². The molecule has 0 bridgehead atoms. The lowest BCUT2D eigenvalue weighted by Gasteiger charge is -2.13. The Balaban J connectivity index is 2.55. The number of rotatable bonds is 5. The molecule has 0 aromatic heterocycles. The van der Waals surface area contributed by atoms with E-state index in [2.05, 4.69) is 24.5 Å². The monoisotopic (exact) mass is 250 g/mol. The summed E-state index contributed by atoms with van der Waals surface area (Å²) >= 11 is 0. The van der Waals surface area contributed by atoms with Crippen molar-refractivity contribution in [3.63, 3.8) is 0 Å². The van der Waals surface area contributed by atoms with E-state index in [-0.39, 0.29) is 18.7 Å². The van der Waals surface area contributed by atoms with Crippen molar-refractivity contribution in [2.45, 2.75) is 39.2 Å². The summed E-state index contributed by atoms with van der Waals surface area (Å²) < 4.78 is 0. The quantitative estimate of drug-likeness (QED) is 0.752. The number of benzene rings is 1. The second kappa shape index (κ2) is 7.01. The minimum Gasteiger partial charge on any atom is -0.394 e. The van der Waals surface area contributed by atoms with Crippen LogP contribution in [0.25, 0.3) is 0 Å². The SMILES string of the molecule is CC[C@H](C)c1ccc(NC(=O)N[C@@H](C)CO)cc1. The highest BCUT2D eigenvalue weighted by Gasteiger charge is 2.07. The summed E-state index contributed by atoms with van der Waals surface area (Å²) in [6, 6.07) is 7.30. The van der Waals surface area contributed by atoms with E-state index in [1.165, 1.54) is 5.56 Å². The predicted octanol–water partition coefficient (Wildman–Crippen LogP) is 2.70. The van der Waals surface area contributed by atoms with Gasteiger partial charge >= 0.3 is 6.03 Å². The average Bonchev–Trinajstić information content (AvgIpc) is 2.38. The highest BCUT2D eigenvalue weighted by molar-refractivity contribution is 5.89. The predicted molar refractivity (Wildman–Crippen MR) is 73.9 cm³/mol. The van der Waals surface area contributed by atoms with E-state index in [4.69, 9.17) is 5.11 Å². The van der Waals surface area contributed by atoms with Crippen LogP contribution in [0.4, 0.5) is 10.5 Å². The summed E-state index contributed by atoms with van der Waals surface area (Å²) in [5.74, 6) is 0.530. The number of urea groups is 1. The zero-order valence-corrected chi connectivity index (χ0v) is 11.2. The second-order valence-corrected chi connectivity index (χ2v) is 4.61. The van der Waals surface area contributed by atoms with Crippen LogP contribution >= 0.6 is 0 Å². The number of nitrogens with one attached hydrogen (secondary N) is 2. The van der Waals surface area contributed by atoms with E-state index in [1.54, 1.807) is 6.92 Å². The van der Waals surface area contributed by atoms with E-state index in [1.807, 2.05) is 24.3 Å². The summed E-state index contributed by atoms with van der Waals surface area (Å²) in [7, 11) is 0. The molecule has 2 amide bonds. The number of aliphatic hydroxyl groups is 1. The molecule has 0 saturated carbocycles. The maximum absolute atomic E-state index is 11.5. The number of aliphatic hydroxyl groups excluding tert-OH is 1. The van der Waals surface area contributed by atoms with Crippen molar-refractivity contribution in [1.29, 1.82) is 0 Å². The summed E-state index contributed by atoms with van der Waals surface area (Å²) in [6.07, 6.45) is 1.10. The summed E-state index contributed by atoms with van der Waals surface area (Å²) in [5, 5.41) is 14.2. The number of carbonyl (C=O) groups is 1. The molecule has 3 N–H and O–H groups in total. The molecule has 0 spiro atoms. The van der Waals surface area contributed by atoms with Crippen molar-refractivity contribution in [2.75, 3.05) is 11.9 Å². The zero-order valence-electron chi connectivity index (χ0n) is 11.2. The molecule has 0 aliphatic rings. The van der Waals surface area contributed by atoms with E-state index in [0.717, 1.165) is 12.1 Å². The van der Waals surface area contributed by atoms with Gasteiger partial charge in [-0.2, -0.15) is 0 Å². The standard InChI is InChI=1S/C14H22N2O2/c1-4-10(2)12-5-7-13(8-6-12)16-14(18)15-11(3)9-17/h5-8,10-11,17H,4,9H2,1-3H3,(H2,15,16,18)/t10-,11-/m0/s1.